The van der Waals surface area contributed by atoms with Gasteiger partial charge >= 0.3 is 0 Å². The summed E-state index contributed by atoms with van der Waals surface area (Å²) in [5.41, 5.74) is 6.28. The lowest BCUT2D eigenvalue weighted by atomic mass is 9.93. The summed E-state index contributed by atoms with van der Waals surface area (Å²) in [5, 5.41) is 6.00. The molecule has 0 aliphatic heterocycles. The highest BCUT2D eigenvalue weighted by molar-refractivity contribution is 7.80. The number of rotatable bonds is 6. The summed E-state index contributed by atoms with van der Waals surface area (Å²) in [6.07, 6.45) is 0. The van der Waals surface area contributed by atoms with Gasteiger partial charge in [0.05, 0.1) is 0 Å². The summed E-state index contributed by atoms with van der Waals surface area (Å²) in [4.78, 5) is 0. The Morgan fingerprint density at radius 2 is 0.738 bits per heavy atom. The van der Waals surface area contributed by atoms with E-state index >= 15 is 0 Å². The van der Waals surface area contributed by atoms with Crippen molar-refractivity contribution in [2.45, 2.75) is 22.1 Å². The summed E-state index contributed by atoms with van der Waals surface area (Å²) in [6, 6.07) is 65.0. The van der Waals surface area contributed by atoms with Crippen LogP contribution in [0.1, 0.15) is 34.1 Å². The zero-order valence-electron chi connectivity index (χ0n) is 23.2. The van der Waals surface area contributed by atoms with Gasteiger partial charge in [-0.05, 0) is 59.3 Å². The van der Waals surface area contributed by atoms with Gasteiger partial charge in [-0.1, -0.05) is 170 Å². The van der Waals surface area contributed by atoms with Crippen LogP contribution in [0.4, 0.5) is 0 Å². The quantitative estimate of drug-likeness (QED) is 0.177. The van der Waals surface area contributed by atoms with Gasteiger partial charge in [0, 0.05) is 22.1 Å². The first kappa shape index (κ1) is 24.7. The molecule has 1 saturated carbocycles. The lowest BCUT2D eigenvalue weighted by Gasteiger charge is -2.38. The molecule has 200 valence electrons. The molecule has 0 aromatic heterocycles. The van der Waals surface area contributed by atoms with Crippen molar-refractivity contribution in [2.24, 2.45) is 0 Å². The Morgan fingerprint density at radius 3 is 1.24 bits per heavy atom. The van der Waals surface area contributed by atoms with Gasteiger partial charge in [0.15, 0.2) is 0 Å². The van der Waals surface area contributed by atoms with Gasteiger partial charge in [0.2, 0.25) is 0 Å². The summed E-state index contributed by atoms with van der Waals surface area (Å²) in [5.74, 6) is 0.831. The van der Waals surface area contributed by atoms with Crippen LogP contribution in [0.5, 0.6) is 0 Å². The largest absolute Gasteiger partial charge is 0.0622 e. The van der Waals surface area contributed by atoms with Crippen molar-refractivity contribution >= 4 is 37.1 Å². The van der Waals surface area contributed by atoms with Crippen LogP contribution in [0.2, 0.25) is 0 Å². The Kier molecular flexibility index (Phi) is 5.50. The molecule has 0 unspecified atom stereocenters. The van der Waals surface area contributed by atoms with Gasteiger partial charge in [-0.2, -0.15) is 0 Å². The van der Waals surface area contributed by atoms with Gasteiger partial charge in [0.25, 0.3) is 0 Å². The Morgan fingerprint density at radius 1 is 0.357 bits per heavy atom. The minimum Gasteiger partial charge on any atom is -0.0622 e. The average molecular weight is 573 g/mol. The summed E-state index contributed by atoms with van der Waals surface area (Å²) < 4.78 is 0. The number of fused-ring (bicyclic) bond motifs is 7. The van der Waals surface area contributed by atoms with Crippen molar-refractivity contribution in [2.75, 3.05) is 0 Å². The molecule has 0 radical (unpaired) electrons. The zero-order valence-corrected chi connectivity index (χ0v) is 25.0. The molecule has 0 spiro atoms. The van der Waals surface area contributed by atoms with Gasteiger partial charge in [-0.25, -0.2) is 0 Å². The molecule has 0 heterocycles. The van der Waals surface area contributed by atoms with Crippen LogP contribution in [-0.4, -0.2) is 5.16 Å². The van der Waals surface area contributed by atoms with E-state index in [1.165, 1.54) is 21.2 Å². The lowest BCUT2D eigenvalue weighted by Crippen LogP contribution is -2.33. The van der Waals surface area contributed by atoms with Crippen molar-refractivity contribution in [1.82, 2.24) is 0 Å². The second-order valence-electron chi connectivity index (χ2n) is 11.7. The Labute approximate surface area is 250 Å². The number of benzene rings is 6. The van der Waals surface area contributed by atoms with Crippen molar-refractivity contribution in [3.63, 3.8) is 0 Å². The minimum absolute atomic E-state index is 0.00194. The Hall–Kier alpha value is -3.82. The molecule has 42 heavy (non-hydrogen) atoms. The maximum absolute atomic E-state index is 2.50. The molecule has 3 aliphatic rings. The van der Waals surface area contributed by atoms with Gasteiger partial charge in [0.1, 0.15) is 0 Å². The molecular weight excluding hydrogens is 542 g/mol. The third kappa shape index (κ3) is 3.05. The third-order valence-corrected chi connectivity index (χ3v) is 16.5. The standard InChI is InChI=1S/C40H30P2/c1-5-17-29(18-6-1)41(30-19-7-2-8-20-30)39-36-28-16-15-27-35(36)37-33-25-13-14-26-34(33)38(39)40(37,39)42(31-21-9-3-10-22-31)32-23-11-4-12-24-32/h1-28,37-38H/t37-,38+,39+,40-/m1/s1. The fourth-order valence-corrected chi connectivity index (χ4v) is 16.9. The molecule has 0 N–H and O–H groups in total. The predicted molar refractivity (Wildman–Crippen MR) is 180 cm³/mol. The lowest BCUT2D eigenvalue weighted by molar-refractivity contribution is 0.780. The minimum atomic E-state index is -0.731. The van der Waals surface area contributed by atoms with E-state index in [1.807, 2.05) is 0 Å². The molecular formula is C40H30P2. The molecule has 0 bridgehead atoms. The maximum Gasteiger partial charge on any atom is 0.0433 e. The van der Waals surface area contributed by atoms with E-state index in [9.17, 15) is 0 Å². The van der Waals surface area contributed by atoms with E-state index in [0.29, 0.717) is 11.8 Å². The Balaban J connectivity index is 1.44. The second kappa shape index (κ2) is 9.34. The highest BCUT2D eigenvalue weighted by atomic mass is 31.1. The first-order valence-corrected chi connectivity index (χ1v) is 17.6. The number of hydrogen-bond acceptors (Lipinski definition) is 0. The molecule has 4 atom stereocenters. The normalized spacial score (nSPS) is 24.3. The van der Waals surface area contributed by atoms with Crippen LogP contribution in [-0.2, 0) is 5.16 Å². The first-order chi connectivity index (χ1) is 20.9. The molecule has 9 rings (SSSR count). The number of hydrogen-bond donors (Lipinski definition) is 0. The van der Waals surface area contributed by atoms with Crippen LogP contribution >= 0.6 is 15.8 Å². The summed E-state index contributed by atoms with van der Waals surface area (Å²) in [7, 11) is -1.45. The highest BCUT2D eigenvalue weighted by Crippen LogP contribution is 2.99. The summed E-state index contributed by atoms with van der Waals surface area (Å²) >= 11 is 0. The monoisotopic (exact) mass is 572 g/mol. The molecule has 0 saturated heterocycles. The molecule has 0 nitrogen and oxygen atoms in total. The second-order valence-corrected chi connectivity index (χ2v) is 16.5. The van der Waals surface area contributed by atoms with Crippen LogP contribution in [0.25, 0.3) is 0 Å². The van der Waals surface area contributed by atoms with Gasteiger partial charge in [-0.15, -0.1) is 0 Å². The molecule has 6 aromatic rings. The van der Waals surface area contributed by atoms with Crippen LogP contribution in [0.3, 0.4) is 0 Å². The van der Waals surface area contributed by atoms with Crippen molar-refractivity contribution in [3.8, 4) is 0 Å². The molecule has 1 fully saturated rings. The third-order valence-electron chi connectivity index (χ3n) is 9.91. The molecule has 6 aromatic carbocycles. The first-order valence-electron chi connectivity index (χ1n) is 14.9. The highest BCUT2D eigenvalue weighted by Gasteiger charge is 2.91. The van der Waals surface area contributed by atoms with E-state index < -0.39 is 15.8 Å². The molecule has 3 aliphatic carbocycles. The molecule has 0 amide bonds. The average Bonchev–Trinajstić information content (AvgIpc) is 3.45. The Bertz CT molecular complexity index is 1830. The van der Waals surface area contributed by atoms with Crippen LogP contribution < -0.4 is 21.2 Å². The smallest absolute Gasteiger partial charge is 0.0433 e. The van der Waals surface area contributed by atoms with Crippen LogP contribution in [0.15, 0.2) is 170 Å². The van der Waals surface area contributed by atoms with Gasteiger partial charge in [-0.3, -0.25) is 0 Å². The van der Waals surface area contributed by atoms with Crippen LogP contribution in [0, 0.1) is 0 Å². The van der Waals surface area contributed by atoms with E-state index in [2.05, 4.69) is 170 Å². The van der Waals surface area contributed by atoms with E-state index in [4.69, 9.17) is 0 Å². The van der Waals surface area contributed by atoms with Crippen molar-refractivity contribution < 1.29 is 0 Å². The van der Waals surface area contributed by atoms with E-state index in [0.717, 1.165) is 0 Å². The fourth-order valence-electron chi connectivity index (χ4n) is 8.76. The fraction of sp³-hybridized carbons (Fsp3) is 0.100. The SMILES string of the molecule is c1ccc(P(c2ccccc2)[C@]23[C@@H]4c5ccccc5[C@H]2[C@@]3(P(c2ccccc2)c2ccccc2)c2ccccc24)cc1. The van der Waals surface area contributed by atoms with Crippen molar-refractivity contribution in [1.29, 1.82) is 0 Å². The molecule has 2 heteroatoms. The zero-order chi connectivity index (χ0) is 27.7. The topological polar surface area (TPSA) is 0 Å². The van der Waals surface area contributed by atoms with E-state index in [-0.39, 0.29) is 10.3 Å². The maximum atomic E-state index is 2.50. The summed E-state index contributed by atoms with van der Waals surface area (Å²) in [6.45, 7) is 0. The van der Waals surface area contributed by atoms with E-state index in [1.54, 1.807) is 22.3 Å². The van der Waals surface area contributed by atoms with Gasteiger partial charge < -0.3 is 0 Å². The predicted octanol–water partition coefficient (Wildman–Crippen LogP) is 8.14. The van der Waals surface area contributed by atoms with Crippen molar-refractivity contribution in [3.05, 3.63) is 192 Å².